The van der Waals surface area contributed by atoms with Gasteiger partial charge in [-0.1, -0.05) is 79.2 Å². The number of rotatable bonds is 10. The second-order valence-electron chi connectivity index (χ2n) is 14.2. The fourth-order valence-electron chi connectivity index (χ4n) is 8.95. The monoisotopic (exact) mass is 662 g/mol. The Morgan fingerprint density at radius 2 is 1.71 bits per heavy atom. The predicted molar refractivity (Wildman–Crippen MR) is 191 cm³/mol. The average molecular weight is 663 g/mol. The molecular weight excluding hydrogens is 615 g/mol. The van der Waals surface area contributed by atoms with Gasteiger partial charge in [0.25, 0.3) is 0 Å². The van der Waals surface area contributed by atoms with Gasteiger partial charge in [0.1, 0.15) is 5.75 Å². The van der Waals surface area contributed by atoms with Crippen LogP contribution < -0.4 is 0 Å². The van der Waals surface area contributed by atoms with E-state index >= 15 is 0 Å². The van der Waals surface area contributed by atoms with Crippen molar-refractivity contribution in [3.05, 3.63) is 94.6 Å². The third-order valence-electron chi connectivity index (χ3n) is 11.3. The molecule has 2 amide bonds. The fourth-order valence-corrected chi connectivity index (χ4v) is 8.95. The van der Waals surface area contributed by atoms with E-state index in [-0.39, 0.29) is 35.6 Å². The van der Waals surface area contributed by atoms with Gasteiger partial charge in [0.15, 0.2) is 0 Å². The van der Waals surface area contributed by atoms with Gasteiger partial charge in [0.2, 0.25) is 11.8 Å². The molecule has 0 aromatic heterocycles. The largest absolute Gasteiger partial charge is 0.507 e. The third-order valence-corrected chi connectivity index (χ3v) is 11.3. The molecule has 3 heterocycles. The third kappa shape index (κ3) is 6.74. The lowest BCUT2D eigenvalue weighted by Gasteiger charge is -2.43. The first-order valence-electron chi connectivity index (χ1n) is 17.9. The number of benzene rings is 3. The Kier molecular flexibility index (Phi) is 10.1. The molecule has 3 aliphatic heterocycles. The maximum Gasteiger partial charge on any atom is 0.455 e. The lowest BCUT2D eigenvalue weighted by molar-refractivity contribution is -0.144. The van der Waals surface area contributed by atoms with E-state index in [1.54, 1.807) is 18.1 Å². The van der Waals surface area contributed by atoms with Crippen LogP contribution in [-0.4, -0.2) is 77.8 Å². The summed E-state index contributed by atoms with van der Waals surface area (Å²) in [5.74, 6) is -1.02. The van der Waals surface area contributed by atoms with Crippen molar-refractivity contribution in [1.29, 1.82) is 0 Å². The van der Waals surface area contributed by atoms with Crippen LogP contribution in [0.2, 0.25) is 6.32 Å². The fraction of sp³-hybridized carbons (Fsp3) is 0.450. The molecule has 0 spiro atoms. The first kappa shape index (κ1) is 33.7. The molecule has 3 saturated heterocycles. The molecule has 0 bridgehead atoms. The van der Waals surface area contributed by atoms with Gasteiger partial charge in [-0.3, -0.25) is 19.4 Å². The second kappa shape index (κ2) is 14.6. The number of hydrogen-bond acceptors (Lipinski definition) is 7. The van der Waals surface area contributed by atoms with Crippen molar-refractivity contribution in [2.45, 2.75) is 70.5 Å². The van der Waals surface area contributed by atoms with Crippen LogP contribution in [0, 0.1) is 17.8 Å². The Balaban J connectivity index is 1.09. The normalized spacial score (nSPS) is 25.3. The Labute approximate surface area is 289 Å². The molecule has 1 aliphatic carbocycles. The molecule has 2 N–H and O–H groups in total. The van der Waals surface area contributed by atoms with Crippen LogP contribution in [0.1, 0.15) is 56.6 Å². The first-order valence-corrected chi connectivity index (χ1v) is 17.9. The van der Waals surface area contributed by atoms with E-state index in [2.05, 4.69) is 42.2 Å². The van der Waals surface area contributed by atoms with Crippen LogP contribution in [0.25, 0.3) is 16.8 Å². The summed E-state index contributed by atoms with van der Waals surface area (Å²) in [4.78, 5) is 32.4. The predicted octanol–water partition coefficient (Wildman–Crippen LogP) is 6.23. The van der Waals surface area contributed by atoms with Crippen molar-refractivity contribution in [3.8, 4) is 5.75 Å². The molecule has 4 aliphatic rings. The quantitative estimate of drug-likeness (QED) is 0.151. The maximum absolute atomic E-state index is 14.3. The smallest absolute Gasteiger partial charge is 0.455 e. The number of carbonyl (C=O) groups is 2. The van der Waals surface area contributed by atoms with E-state index in [9.17, 15) is 19.7 Å². The molecule has 8 nitrogen and oxygen atoms in total. The summed E-state index contributed by atoms with van der Waals surface area (Å²) in [7, 11) is 0.661. The van der Waals surface area contributed by atoms with Crippen molar-refractivity contribution in [2.24, 2.45) is 17.8 Å². The zero-order valence-corrected chi connectivity index (χ0v) is 28.6. The molecule has 0 saturated carbocycles. The van der Waals surface area contributed by atoms with Crippen molar-refractivity contribution in [1.82, 2.24) is 9.80 Å². The molecule has 3 fully saturated rings. The summed E-state index contributed by atoms with van der Waals surface area (Å²) in [5.41, 5.74) is 5.65. The van der Waals surface area contributed by atoms with Crippen LogP contribution in [0.5, 0.6) is 5.75 Å². The van der Waals surface area contributed by atoms with E-state index < -0.39 is 19.0 Å². The van der Waals surface area contributed by atoms with Gasteiger partial charge in [0.05, 0.1) is 24.5 Å². The van der Waals surface area contributed by atoms with Crippen molar-refractivity contribution >= 4 is 35.8 Å². The zero-order chi connectivity index (χ0) is 34.1. The van der Waals surface area contributed by atoms with E-state index in [1.165, 1.54) is 11.1 Å². The molecule has 3 aromatic rings. The number of amides is 2. The molecule has 256 valence electrons. The maximum atomic E-state index is 14.3. The van der Waals surface area contributed by atoms with Gasteiger partial charge < -0.3 is 19.5 Å². The minimum atomic E-state index is -1.01. The summed E-state index contributed by atoms with van der Waals surface area (Å²) < 4.78 is 11.9. The number of likely N-dealkylation sites (tertiary alicyclic amines) is 2. The zero-order valence-electron chi connectivity index (χ0n) is 28.6. The summed E-state index contributed by atoms with van der Waals surface area (Å²) in [5, 5.41) is 23.3. The molecule has 4 atom stereocenters. The summed E-state index contributed by atoms with van der Waals surface area (Å²) in [6, 6.07) is 21.9. The molecule has 0 unspecified atom stereocenters. The van der Waals surface area contributed by atoms with Gasteiger partial charge in [-0.25, -0.2) is 0 Å². The number of allylic oxidation sites excluding steroid dienone is 1. The van der Waals surface area contributed by atoms with Crippen LogP contribution >= 0.6 is 0 Å². The highest BCUT2D eigenvalue weighted by atomic mass is 16.5. The highest BCUT2D eigenvalue weighted by molar-refractivity contribution is 6.43. The Morgan fingerprint density at radius 3 is 2.45 bits per heavy atom. The van der Waals surface area contributed by atoms with E-state index in [0.717, 1.165) is 72.8 Å². The molecule has 9 heteroatoms. The van der Waals surface area contributed by atoms with Crippen LogP contribution in [-0.2, 0) is 25.5 Å². The highest BCUT2D eigenvalue weighted by Gasteiger charge is 2.58. The standard InChI is InChI=1S/C40H47BN2O6/c1-3-26(21-28-14-15-35(44)32-12-8-7-11-31(28)32)13-16-36-37-29(25-48-2)22-33-38(34(37)23-41(47)49-36)40(46)43(39(33)45)30-17-19-42(20-18-30)24-27-9-5-4-6-10-27/h4-12,14-15,21,30,33-34,36,38,44,47H,3,13,16-20,22-25H2,1-2H3/b26-21+/t33-,34+,36-,38-/m1/s1. The SMILES string of the molecule is CC/C(=C\c1ccc(O)c2ccccc12)CC[C@H]1OB(O)C[C@H]2C1=C(COC)C[C@H]1C(=O)N(C3CCN(Cc4ccccc4)CC3)C(=O)[C@H]12. The lowest BCUT2D eigenvalue weighted by atomic mass is 9.58. The van der Waals surface area contributed by atoms with Gasteiger partial charge in [-0.05, 0) is 84.5 Å². The topological polar surface area (TPSA) is 99.5 Å². The number of hydrogen-bond donors (Lipinski definition) is 2. The van der Waals surface area contributed by atoms with Gasteiger partial charge in [-0.15, -0.1) is 0 Å². The number of imide groups is 1. The molecular formula is C40H47BN2O6. The van der Waals surface area contributed by atoms with Gasteiger partial charge in [0, 0.05) is 38.2 Å². The van der Waals surface area contributed by atoms with E-state index in [0.29, 0.717) is 25.8 Å². The number of phenolic OH excluding ortho intramolecular Hbond substituents is 1. The number of fused-ring (bicyclic) bond motifs is 4. The average Bonchev–Trinajstić information content (AvgIpc) is 3.37. The van der Waals surface area contributed by atoms with Crippen LogP contribution in [0.4, 0.5) is 0 Å². The molecule has 0 radical (unpaired) electrons. The number of carbonyl (C=O) groups excluding carboxylic acids is 2. The Morgan fingerprint density at radius 1 is 0.980 bits per heavy atom. The summed E-state index contributed by atoms with van der Waals surface area (Å²) in [6.07, 6.45) is 6.40. The minimum Gasteiger partial charge on any atom is -0.507 e. The molecule has 49 heavy (non-hydrogen) atoms. The van der Waals surface area contributed by atoms with Crippen molar-refractivity contribution in [2.75, 3.05) is 26.8 Å². The van der Waals surface area contributed by atoms with E-state index in [1.807, 2.05) is 36.4 Å². The van der Waals surface area contributed by atoms with Gasteiger partial charge in [-0.2, -0.15) is 0 Å². The van der Waals surface area contributed by atoms with Gasteiger partial charge >= 0.3 is 7.12 Å². The minimum absolute atomic E-state index is 0.0565. The summed E-state index contributed by atoms with van der Waals surface area (Å²) >= 11 is 0. The number of methoxy groups -OCH3 is 1. The molecule has 3 aromatic carbocycles. The number of piperidine rings is 1. The van der Waals surface area contributed by atoms with Crippen molar-refractivity contribution < 1.29 is 29.1 Å². The van der Waals surface area contributed by atoms with Crippen LogP contribution in [0.15, 0.2) is 83.4 Å². The summed E-state index contributed by atoms with van der Waals surface area (Å²) in [6.45, 7) is 5.07. The number of aromatic hydroxyl groups is 1. The number of phenols is 1. The molecule has 7 rings (SSSR count). The van der Waals surface area contributed by atoms with E-state index in [4.69, 9.17) is 9.39 Å². The Bertz CT molecular complexity index is 1750. The number of ether oxygens (including phenoxy) is 1. The highest BCUT2D eigenvalue weighted by Crippen LogP contribution is 2.51. The van der Waals surface area contributed by atoms with Crippen LogP contribution in [0.3, 0.4) is 0 Å². The first-order chi connectivity index (χ1) is 23.9. The lowest BCUT2D eigenvalue weighted by Crippen LogP contribution is -2.48. The second-order valence-corrected chi connectivity index (χ2v) is 14.2. The van der Waals surface area contributed by atoms with Crippen molar-refractivity contribution in [3.63, 3.8) is 0 Å². The number of nitrogens with zero attached hydrogens (tertiary/aromatic N) is 2. The Hall–Kier alpha value is -3.76.